The quantitative estimate of drug-likeness (QED) is 0.410. The van der Waals surface area contributed by atoms with Crippen LogP contribution in [0.2, 0.25) is 0 Å². The van der Waals surface area contributed by atoms with Gasteiger partial charge in [0.2, 0.25) is 0 Å². The number of rotatable bonds is 7. The Labute approximate surface area is 201 Å². The second-order valence-corrected chi connectivity index (χ2v) is 7.99. The van der Waals surface area contributed by atoms with Gasteiger partial charge in [-0.2, -0.15) is 13.9 Å². The number of halogens is 6. The van der Waals surface area contributed by atoms with E-state index in [0.29, 0.717) is 11.1 Å². The first-order chi connectivity index (χ1) is 16.9. The van der Waals surface area contributed by atoms with Crippen LogP contribution in [0.4, 0.5) is 26.3 Å². The first kappa shape index (κ1) is 25.3. The summed E-state index contributed by atoms with van der Waals surface area (Å²) >= 11 is 0. The summed E-state index contributed by atoms with van der Waals surface area (Å²) in [6, 6.07) is 10.2. The molecule has 1 aliphatic heterocycles. The van der Waals surface area contributed by atoms with Crippen LogP contribution in [0.15, 0.2) is 65.9 Å². The minimum absolute atomic E-state index is 0.0963. The summed E-state index contributed by atoms with van der Waals surface area (Å²) in [5, 5.41) is 16.2. The number of nitrogens with one attached hydrogen (secondary N) is 2. The van der Waals surface area contributed by atoms with Gasteiger partial charge < -0.3 is 9.84 Å². The summed E-state index contributed by atoms with van der Waals surface area (Å²) in [7, 11) is 0. The molecule has 1 atom stereocenters. The van der Waals surface area contributed by atoms with Crippen molar-refractivity contribution in [1.29, 1.82) is 0 Å². The third kappa shape index (κ3) is 5.06. The Bertz CT molecular complexity index is 1250. The zero-order valence-electron chi connectivity index (χ0n) is 18.5. The van der Waals surface area contributed by atoms with Crippen molar-refractivity contribution in [3.63, 3.8) is 0 Å². The number of aryl methyl sites for hydroxylation is 1. The minimum Gasteiger partial charge on any atom is -0.406 e. The van der Waals surface area contributed by atoms with Gasteiger partial charge in [0, 0.05) is 11.8 Å². The lowest BCUT2D eigenvalue weighted by atomic mass is 9.82. The molecule has 7 nitrogen and oxygen atoms in total. The minimum atomic E-state index is -4.84. The molecule has 1 unspecified atom stereocenters. The molecule has 1 aromatic heterocycles. The maximum atomic E-state index is 15.9. The van der Waals surface area contributed by atoms with Crippen molar-refractivity contribution in [2.45, 2.75) is 24.8 Å². The van der Waals surface area contributed by atoms with Crippen LogP contribution in [0.5, 0.6) is 5.75 Å². The summed E-state index contributed by atoms with van der Waals surface area (Å²) < 4.78 is 86.4. The highest BCUT2D eigenvalue weighted by molar-refractivity contribution is 5.63. The largest absolute Gasteiger partial charge is 0.573 e. The predicted octanol–water partition coefficient (Wildman–Crippen LogP) is 4.34. The highest BCUT2D eigenvalue weighted by Gasteiger charge is 2.57. The fourth-order valence-corrected chi connectivity index (χ4v) is 3.80. The normalized spacial score (nSPS) is 15.5. The summed E-state index contributed by atoms with van der Waals surface area (Å²) in [6.45, 7) is 0.707. The molecule has 13 heteroatoms. The number of aliphatic hydroxyl groups is 1. The van der Waals surface area contributed by atoms with Crippen LogP contribution in [0.3, 0.4) is 0 Å². The average molecular weight is 511 g/mol. The van der Waals surface area contributed by atoms with Gasteiger partial charge in [0.15, 0.2) is 5.60 Å². The van der Waals surface area contributed by atoms with E-state index in [1.165, 1.54) is 25.1 Å². The van der Waals surface area contributed by atoms with Gasteiger partial charge >= 0.3 is 12.3 Å². The number of hydrazone groups is 1. The standard InChI is InChI=1S/C23H19F6N5O2/c1-14-10-17(24)5-8-19(14)21(35,12-34-13-31-32-33-34)22(25,26)20-9-4-16(11-30-20)15-2-6-18(7-3-15)36-23(27,28)29/h2-11,13,32-33,35H,12H2,1H3. The van der Waals surface area contributed by atoms with E-state index in [4.69, 9.17) is 0 Å². The summed E-state index contributed by atoms with van der Waals surface area (Å²) in [4.78, 5) is 3.84. The molecule has 0 saturated carbocycles. The number of β-amino-alcohol motifs (C(OH)–C–C–N with tert-alkyl or cyclic N) is 1. The lowest BCUT2D eigenvalue weighted by Crippen LogP contribution is -2.54. The van der Waals surface area contributed by atoms with Crippen LogP contribution in [-0.2, 0) is 11.5 Å². The van der Waals surface area contributed by atoms with E-state index >= 15 is 8.78 Å². The van der Waals surface area contributed by atoms with Gasteiger partial charge in [-0.15, -0.1) is 18.7 Å². The Kier molecular flexibility index (Phi) is 6.54. The van der Waals surface area contributed by atoms with Crippen molar-refractivity contribution in [1.82, 2.24) is 21.1 Å². The maximum Gasteiger partial charge on any atom is 0.573 e. The highest BCUT2D eigenvalue weighted by atomic mass is 19.4. The topological polar surface area (TPSA) is 82.0 Å². The smallest absolute Gasteiger partial charge is 0.406 e. The zero-order chi connectivity index (χ0) is 26.1. The Hall–Kier alpha value is -3.84. The third-order valence-corrected chi connectivity index (χ3v) is 5.51. The van der Waals surface area contributed by atoms with Crippen LogP contribution in [0, 0.1) is 12.7 Å². The van der Waals surface area contributed by atoms with Crippen LogP contribution >= 0.6 is 0 Å². The van der Waals surface area contributed by atoms with Gasteiger partial charge in [0.25, 0.3) is 0 Å². The van der Waals surface area contributed by atoms with E-state index in [1.54, 1.807) is 0 Å². The highest BCUT2D eigenvalue weighted by Crippen LogP contribution is 2.46. The molecule has 4 rings (SSSR count). The van der Waals surface area contributed by atoms with Crippen molar-refractivity contribution in [2.24, 2.45) is 5.10 Å². The van der Waals surface area contributed by atoms with E-state index < -0.39 is 41.7 Å². The van der Waals surface area contributed by atoms with Gasteiger partial charge in [-0.1, -0.05) is 24.3 Å². The molecule has 3 N–H and O–H groups in total. The zero-order valence-corrected chi connectivity index (χ0v) is 18.5. The molecule has 0 saturated heterocycles. The molecule has 0 fully saturated rings. The fraction of sp³-hybridized carbons (Fsp3) is 0.217. The van der Waals surface area contributed by atoms with Gasteiger partial charge in [0.1, 0.15) is 23.6 Å². The molecule has 2 heterocycles. The van der Waals surface area contributed by atoms with E-state index in [-0.39, 0.29) is 11.1 Å². The van der Waals surface area contributed by atoms with Crippen molar-refractivity contribution < 1.29 is 36.2 Å². The number of hydrazine groups is 2. The Morgan fingerprint density at radius 3 is 2.22 bits per heavy atom. The van der Waals surface area contributed by atoms with E-state index in [0.717, 1.165) is 53.9 Å². The number of pyridine rings is 1. The number of benzene rings is 2. The Morgan fingerprint density at radius 1 is 0.972 bits per heavy atom. The second-order valence-electron chi connectivity index (χ2n) is 7.99. The molecule has 0 radical (unpaired) electrons. The van der Waals surface area contributed by atoms with Crippen molar-refractivity contribution in [3.05, 3.63) is 83.4 Å². The maximum absolute atomic E-state index is 15.9. The summed E-state index contributed by atoms with van der Waals surface area (Å²) in [6.07, 6.45) is -2.58. The number of nitrogens with zero attached hydrogens (tertiary/aromatic N) is 3. The van der Waals surface area contributed by atoms with Crippen molar-refractivity contribution >= 4 is 6.34 Å². The Balaban J connectivity index is 1.66. The molecule has 2 aromatic carbocycles. The lowest BCUT2D eigenvalue weighted by molar-refractivity contribution is -0.274. The first-order valence-corrected chi connectivity index (χ1v) is 10.4. The summed E-state index contributed by atoms with van der Waals surface area (Å²) in [5.41, 5.74) is 1.79. The van der Waals surface area contributed by atoms with Gasteiger partial charge in [-0.3, -0.25) is 9.99 Å². The SMILES string of the molecule is Cc1cc(F)ccc1C(O)(CN1C=NNN1)C(F)(F)c1ccc(-c2ccc(OC(F)(F)F)cc2)cn1. The third-order valence-electron chi connectivity index (χ3n) is 5.51. The molecule has 36 heavy (non-hydrogen) atoms. The number of ether oxygens (including phenoxy) is 1. The number of hydrogen-bond donors (Lipinski definition) is 3. The molecular weight excluding hydrogens is 492 g/mol. The average Bonchev–Trinajstić information content (AvgIpc) is 3.31. The van der Waals surface area contributed by atoms with Crippen molar-refractivity contribution in [3.8, 4) is 16.9 Å². The van der Waals surface area contributed by atoms with Crippen LogP contribution < -0.4 is 15.8 Å². The monoisotopic (exact) mass is 511 g/mol. The number of aromatic nitrogens is 1. The Morgan fingerprint density at radius 2 is 1.67 bits per heavy atom. The molecular formula is C23H19F6N5O2. The molecule has 0 amide bonds. The second kappa shape index (κ2) is 9.32. The molecule has 190 valence electrons. The van der Waals surface area contributed by atoms with Crippen LogP contribution in [0.25, 0.3) is 11.1 Å². The molecule has 0 bridgehead atoms. The molecule has 3 aromatic rings. The lowest BCUT2D eigenvalue weighted by Gasteiger charge is -2.38. The predicted molar refractivity (Wildman–Crippen MR) is 117 cm³/mol. The van der Waals surface area contributed by atoms with Gasteiger partial charge in [-0.25, -0.2) is 9.93 Å². The van der Waals surface area contributed by atoms with E-state index in [9.17, 15) is 22.7 Å². The number of alkyl halides is 5. The molecule has 0 spiro atoms. The van der Waals surface area contributed by atoms with E-state index in [2.05, 4.69) is 25.9 Å². The van der Waals surface area contributed by atoms with Crippen LogP contribution in [0.1, 0.15) is 16.8 Å². The van der Waals surface area contributed by atoms with Crippen LogP contribution in [-0.4, -0.2) is 34.3 Å². The fourth-order valence-electron chi connectivity index (χ4n) is 3.80. The molecule has 0 aliphatic carbocycles. The van der Waals surface area contributed by atoms with Crippen molar-refractivity contribution in [2.75, 3.05) is 6.54 Å². The first-order valence-electron chi connectivity index (χ1n) is 10.4. The number of hydrogen-bond acceptors (Lipinski definition) is 7. The molecule has 1 aliphatic rings. The van der Waals surface area contributed by atoms with E-state index in [1.807, 2.05) is 0 Å². The van der Waals surface area contributed by atoms with Gasteiger partial charge in [-0.05, 0) is 53.9 Å². The summed E-state index contributed by atoms with van der Waals surface area (Å²) in [5.74, 6) is -5.06. The van der Waals surface area contributed by atoms with Gasteiger partial charge in [0.05, 0.1) is 6.54 Å².